The van der Waals surface area contributed by atoms with E-state index in [-0.39, 0.29) is 0 Å². The molecule has 98 valence electrons. The lowest BCUT2D eigenvalue weighted by molar-refractivity contribution is 0.319. The summed E-state index contributed by atoms with van der Waals surface area (Å²) in [7, 11) is 2.05. The second-order valence-corrected chi connectivity index (χ2v) is 5.85. The monoisotopic (exact) mass is 244 g/mol. The van der Waals surface area contributed by atoms with E-state index in [1.807, 2.05) is 7.05 Å². The lowest BCUT2D eigenvalue weighted by Crippen LogP contribution is -2.31. The molecule has 0 saturated heterocycles. The summed E-state index contributed by atoms with van der Waals surface area (Å²) in [4.78, 5) is 2.62. The third-order valence-corrected chi connectivity index (χ3v) is 4.76. The molecule has 0 radical (unpaired) electrons. The van der Waals surface area contributed by atoms with Crippen LogP contribution in [0.2, 0.25) is 0 Å². The summed E-state index contributed by atoms with van der Waals surface area (Å²) in [5, 5.41) is 3.37. The van der Waals surface area contributed by atoms with Crippen molar-refractivity contribution >= 4 is 5.69 Å². The van der Waals surface area contributed by atoms with Crippen molar-refractivity contribution in [1.29, 1.82) is 0 Å². The molecule has 18 heavy (non-hydrogen) atoms. The van der Waals surface area contributed by atoms with E-state index in [1.165, 1.54) is 50.0 Å². The number of benzene rings is 1. The summed E-state index contributed by atoms with van der Waals surface area (Å²) in [6, 6.07) is 7.28. The van der Waals surface area contributed by atoms with E-state index in [1.54, 1.807) is 5.56 Å². The van der Waals surface area contributed by atoms with Gasteiger partial charge in [-0.3, -0.25) is 0 Å². The zero-order valence-electron chi connectivity index (χ0n) is 11.6. The topological polar surface area (TPSA) is 15.3 Å². The van der Waals surface area contributed by atoms with Crippen LogP contribution in [-0.2, 0) is 6.42 Å². The maximum absolute atomic E-state index is 3.37. The number of rotatable bonds is 4. The maximum Gasteiger partial charge on any atom is 0.0403 e. The molecule has 2 heteroatoms. The Morgan fingerprint density at radius 2 is 2.22 bits per heavy atom. The molecule has 0 amide bonds. The Hall–Kier alpha value is -1.02. The highest BCUT2D eigenvalue weighted by Crippen LogP contribution is 2.36. The van der Waals surface area contributed by atoms with Crippen molar-refractivity contribution in [3.05, 3.63) is 29.3 Å². The van der Waals surface area contributed by atoms with Crippen molar-refractivity contribution in [2.75, 3.05) is 25.0 Å². The van der Waals surface area contributed by atoms with Gasteiger partial charge in [0.15, 0.2) is 0 Å². The van der Waals surface area contributed by atoms with Crippen molar-refractivity contribution in [3.63, 3.8) is 0 Å². The lowest BCUT2D eigenvalue weighted by Gasteiger charge is -2.31. The molecular weight excluding hydrogens is 220 g/mol. The SMILES string of the molecule is CNC(C)c1cccc2c1CCN2CC1CCC1. The van der Waals surface area contributed by atoms with Crippen LogP contribution in [0.5, 0.6) is 0 Å². The van der Waals surface area contributed by atoms with Crippen LogP contribution in [0.4, 0.5) is 5.69 Å². The molecular formula is C16H24N2. The fourth-order valence-corrected chi connectivity index (χ4v) is 3.27. The fourth-order valence-electron chi connectivity index (χ4n) is 3.27. The highest BCUT2D eigenvalue weighted by atomic mass is 15.1. The van der Waals surface area contributed by atoms with Crippen LogP contribution in [0.3, 0.4) is 0 Å². The van der Waals surface area contributed by atoms with Gasteiger partial charge < -0.3 is 10.2 Å². The van der Waals surface area contributed by atoms with Crippen LogP contribution in [0.1, 0.15) is 43.4 Å². The number of nitrogens with one attached hydrogen (secondary N) is 1. The highest BCUT2D eigenvalue weighted by molar-refractivity contribution is 5.61. The average Bonchev–Trinajstić information content (AvgIpc) is 2.76. The van der Waals surface area contributed by atoms with Crippen LogP contribution in [0.15, 0.2) is 18.2 Å². The van der Waals surface area contributed by atoms with Crippen molar-refractivity contribution in [2.45, 2.75) is 38.6 Å². The highest BCUT2D eigenvalue weighted by Gasteiger charge is 2.27. The molecule has 0 aromatic heterocycles. The average molecular weight is 244 g/mol. The zero-order valence-corrected chi connectivity index (χ0v) is 11.6. The Morgan fingerprint density at radius 3 is 2.89 bits per heavy atom. The molecule has 2 nitrogen and oxygen atoms in total. The van der Waals surface area contributed by atoms with Gasteiger partial charge in [-0.2, -0.15) is 0 Å². The molecule has 1 fully saturated rings. The van der Waals surface area contributed by atoms with Crippen molar-refractivity contribution < 1.29 is 0 Å². The number of fused-ring (bicyclic) bond motifs is 1. The van der Waals surface area contributed by atoms with Gasteiger partial charge >= 0.3 is 0 Å². The van der Waals surface area contributed by atoms with Gasteiger partial charge in [-0.1, -0.05) is 18.6 Å². The van der Waals surface area contributed by atoms with E-state index in [9.17, 15) is 0 Å². The molecule has 0 spiro atoms. The molecule has 1 saturated carbocycles. The van der Waals surface area contributed by atoms with E-state index >= 15 is 0 Å². The summed E-state index contributed by atoms with van der Waals surface area (Å²) < 4.78 is 0. The molecule has 1 aromatic carbocycles. The van der Waals surface area contributed by atoms with Gasteiger partial charge in [0.25, 0.3) is 0 Å². The zero-order chi connectivity index (χ0) is 12.5. The molecule has 1 aromatic rings. The summed E-state index contributed by atoms with van der Waals surface area (Å²) >= 11 is 0. The predicted molar refractivity (Wildman–Crippen MR) is 77.2 cm³/mol. The van der Waals surface area contributed by atoms with E-state index in [2.05, 4.69) is 35.3 Å². The quantitative estimate of drug-likeness (QED) is 0.875. The predicted octanol–water partition coefficient (Wildman–Crippen LogP) is 3.13. The third-order valence-electron chi connectivity index (χ3n) is 4.76. The number of nitrogens with zero attached hydrogens (tertiary/aromatic N) is 1. The van der Waals surface area contributed by atoms with Crippen LogP contribution in [-0.4, -0.2) is 20.1 Å². The summed E-state index contributed by atoms with van der Waals surface area (Å²) in [5.41, 5.74) is 4.58. The Kier molecular flexibility index (Phi) is 3.29. The minimum atomic E-state index is 0.462. The van der Waals surface area contributed by atoms with Crippen LogP contribution >= 0.6 is 0 Å². The van der Waals surface area contributed by atoms with Crippen LogP contribution in [0, 0.1) is 5.92 Å². The smallest absolute Gasteiger partial charge is 0.0403 e. The van der Waals surface area contributed by atoms with Crippen molar-refractivity contribution in [3.8, 4) is 0 Å². The Balaban J connectivity index is 1.82. The van der Waals surface area contributed by atoms with E-state index in [0.29, 0.717) is 6.04 Å². The first-order chi connectivity index (χ1) is 8.79. The van der Waals surface area contributed by atoms with Crippen LogP contribution in [0.25, 0.3) is 0 Å². The van der Waals surface area contributed by atoms with E-state index in [4.69, 9.17) is 0 Å². The van der Waals surface area contributed by atoms with Gasteiger partial charge in [0.05, 0.1) is 0 Å². The molecule has 1 N–H and O–H groups in total. The summed E-state index contributed by atoms with van der Waals surface area (Å²) in [6.45, 7) is 4.76. The molecule has 1 atom stereocenters. The standard InChI is InChI=1S/C16H24N2/c1-12(17-2)14-7-4-8-16-15(14)9-10-18(16)11-13-5-3-6-13/h4,7-8,12-13,17H,3,5-6,9-11H2,1-2H3. The first-order valence-electron chi connectivity index (χ1n) is 7.33. The minimum absolute atomic E-state index is 0.462. The third kappa shape index (κ3) is 2.03. The molecule has 1 aliphatic carbocycles. The Labute approximate surface area is 110 Å². The number of anilines is 1. The van der Waals surface area contributed by atoms with Gasteiger partial charge in [0.2, 0.25) is 0 Å². The Bertz CT molecular complexity index is 423. The van der Waals surface area contributed by atoms with Gasteiger partial charge in [-0.05, 0) is 56.3 Å². The van der Waals surface area contributed by atoms with Gasteiger partial charge in [-0.15, -0.1) is 0 Å². The van der Waals surface area contributed by atoms with Gasteiger partial charge in [0.1, 0.15) is 0 Å². The maximum atomic E-state index is 3.37. The lowest BCUT2D eigenvalue weighted by atomic mass is 9.85. The molecule has 1 aliphatic heterocycles. The fraction of sp³-hybridized carbons (Fsp3) is 0.625. The normalized spacial score (nSPS) is 20.7. The molecule has 3 rings (SSSR count). The van der Waals surface area contributed by atoms with Gasteiger partial charge in [-0.25, -0.2) is 0 Å². The second kappa shape index (κ2) is 4.93. The molecule has 1 unspecified atom stereocenters. The molecule has 0 bridgehead atoms. The summed E-state index contributed by atoms with van der Waals surface area (Å²) in [6.07, 6.45) is 5.56. The van der Waals surface area contributed by atoms with Gasteiger partial charge in [0, 0.05) is 24.8 Å². The minimum Gasteiger partial charge on any atom is -0.371 e. The van der Waals surface area contributed by atoms with Crippen molar-refractivity contribution in [1.82, 2.24) is 5.32 Å². The van der Waals surface area contributed by atoms with E-state index < -0.39 is 0 Å². The summed E-state index contributed by atoms with van der Waals surface area (Å²) in [5.74, 6) is 0.960. The molecule has 2 aliphatic rings. The largest absolute Gasteiger partial charge is 0.371 e. The first kappa shape index (κ1) is 12.0. The van der Waals surface area contributed by atoms with Crippen molar-refractivity contribution in [2.24, 2.45) is 5.92 Å². The van der Waals surface area contributed by atoms with Crippen LogP contribution < -0.4 is 10.2 Å². The number of hydrogen-bond donors (Lipinski definition) is 1. The molecule has 1 heterocycles. The van der Waals surface area contributed by atoms with E-state index in [0.717, 1.165) is 5.92 Å². The first-order valence-corrected chi connectivity index (χ1v) is 7.33. The second-order valence-electron chi connectivity index (χ2n) is 5.85. The Morgan fingerprint density at radius 1 is 1.39 bits per heavy atom. The number of hydrogen-bond acceptors (Lipinski definition) is 2.